The maximum Gasteiger partial charge on any atom is 0.471 e. The first-order valence-corrected chi connectivity index (χ1v) is 19.9. The number of primary amides is 1. The number of para-hydroxylation sites is 1. The van der Waals surface area contributed by atoms with Crippen molar-refractivity contribution in [2.45, 2.75) is 101 Å². The first-order chi connectivity index (χ1) is 26.8. The molecule has 4 amide bonds. The van der Waals surface area contributed by atoms with Gasteiger partial charge in [-0.25, -0.2) is 9.19 Å². The zero-order chi connectivity index (χ0) is 40.0. The van der Waals surface area contributed by atoms with Crippen LogP contribution in [0.3, 0.4) is 0 Å². The zero-order valence-corrected chi connectivity index (χ0v) is 31.5. The number of allylic oxidation sites excluding steroid dienone is 2. The number of pyridine rings is 1. The fourth-order valence-corrected chi connectivity index (χ4v) is 7.78. The topological polar surface area (TPSA) is 187 Å². The number of unbranched alkanes of at least 4 members (excludes halogenated alkanes) is 3. The first-order valence-electron chi connectivity index (χ1n) is 18.7. The van der Waals surface area contributed by atoms with E-state index in [4.69, 9.17) is 24.3 Å². The number of likely N-dealkylation sites (tertiary alicyclic amines) is 1. The molecule has 1 aromatic carbocycles. The third-order valence-corrected chi connectivity index (χ3v) is 11.4. The number of aromatic nitrogens is 1. The highest BCUT2D eigenvalue weighted by molar-refractivity contribution is 7.84. The fourth-order valence-electron chi connectivity index (χ4n) is 6.75. The van der Waals surface area contributed by atoms with Crippen molar-refractivity contribution in [1.82, 2.24) is 19.9 Å². The lowest BCUT2D eigenvalue weighted by Gasteiger charge is -2.28. The van der Waals surface area contributed by atoms with Gasteiger partial charge in [0.05, 0.1) is 18.1 Å². The molecule has 300 valence electrons. The minimum Gasteiger partial charge on any atom is -0.484 e. The van der Waals surface area contributed by atoms with Crippen molar-refractivity contribution < 1.29 is 50.1 Å². The molecule has 1 aliphatic heterocycles. The molecule has 4 heterocycles. The van der Waals surface area contributed by atoms with Crippen molar-refractivity contribution in [1.29, 1.82) is 0 Å². The van der Waals surface area contributed by atoms with Crippen LogP contribution < -0.4 is 20.5 Å². The van der Waals surface area contributed by atoms with E-state index in [1.807, 2.05) is 36.5 Å². The molecule has 0 spiro atoms. The second kappa shape index (κ2) is 17.7. The van der Waals surface area contributed by atoms with Gasteiger partial charge >= 0.3 is 12.1 Å². The predicted octanol–water partition coefficient (Wildman–Crippen LogP) is 5.99. The average molecular weight is 800 g/mol. The van der Waals surface area contributed by atoms with Crippen molar-refractivity contribution >= 4 is 56.7 Å². The molecule has 56 heavy (non-hydrogen) atoms. The van der Waals surface area contributed by atoms with Crippen LogP contribution in [0.2, 0.25) is 0 Å². The highest BCUT2D eigenvalue weighted by Crippen LogP contribution is 2.38. The molecule has 4 aromatic rings. The standard InChI is InChI=1S/C39H44F3N5O8S/c1-2-23(19-33(48)46-56(52)25-16-17-25)11-6-4-3-5-7-13-27(45-38(51)39(40,41)42)37(50)47-22-24(20-29(47)36(43)49)54-32-21-28(31-15-10-18-53-31)44-34-26-12-8-9-14-30(26)55-35(32)34/h6,8-12,14-15,18,21,23-25,27,29H,2-5,7,13,16-17,19-20,22H2,1H3,(H2,43,49)(H,45,51)(H,46,48)/b11-6-/t23-,24+,27-,29-,56?/m0/s1. The first kappa shape index (κ1) is 40.5. The lowest BCUT2D eigenvalue weighted by atomic mass is 10.0. The molecule has 1 aliphatic carbocycles. The van der Waals surface area contributed by atoms with Crippen molar-refractivity contribution in [2.75, 3.05) is 6.54 Å². The third kappa shape index (κ3) is 9.97. The summed E-state index contributed by atoms with van der Waals surface area (Å²) in [6.07, 6.45) is 3.76. The van der Waals surface area contributed by atoms with Gasteiger partial charge in [-0.3, -0.25) is 23.9 Å². The molecule has 1 unspecified atom stereocenters. The van der Waals surface area contributed by atoms with Crippen LogP contribution in [0.4, 0.5) is 13.2 Å². The van der Waals surface area contributed by atoms with Gasteiger partial charge in [0.1, 0.15) is 46.0 Å². The summed E-state index contributed by atoms with van der Waals surface area (Å²) >= 11 is 0. The number of hydrogen-bond acceptors (Lipinski definition) is 9. The summed E-state index contributed by atoms with van der Waals surface area (Å²) in [4.78, 5) is 56.7. The van der Waals surface area contributed by atoms with Gasteiger partial charge in [-0.1, -0.05) is 44.1 Å². The Balaban J connectivity index is 1.10. The van der Waals surface area contributed by atoms with Crippen LogP contribution in [-0.2, 0) is 30.2 Å². The van der Waals surface area contributed by atoms with Crippen molar-refractivity contribution in [2.24, 2.45) is 11.7 Å². The number of ether oxygens (including phenoxy) is 1. The number of nitrogens with two attached hydrogens (primary N) is 1. The molecule has 0 bridgehead atoms. The largest absolute Gasteiger partial charge is 0.484 e. The Hall–Kier alpha value is -5.19. The molecule has 0 radical (unpaired) electrons. The van der Waals surface area contributed by atoms with Crippen molar-refractivity contribution in [3.05, 3.63) is 60.9 Å². The summed E-state index contributed by atoms with van der Waals surface area (Å²) in [6.45, 7) is 1.74. The van der Waals surface area contributed by atoms with Gasteiger partial charge in [0.2, 0.25) is 17.7 Å². The summed E-state index contributed by atoms with van der Waals surface area (Å²) in [5, 5.41) is 2.59. The van der Waals surface area contributed by atoms with Crippen LogP contribution in [0, 0.1) is 5.92 Å². The molecule has 6 rings (SSSR count). The van der Waals surface area contributed by atoms with E-state index in [2.05, 4.69) is 4.72 Å². The highest BCUT2D eigenvalue weighted by atomic mass is 32.2. The number of amides is 4. The summed E-state index contributed by atoms with van der Waals surface area (Å²) in [7, 11) is -1.34. The number of hydrogen-bond donors (Lipinski definition) is 3. The molecule has 2 aliphatic rings. The third-order valence-electron chi connectivity index (χ3n) is 9.88. The Morgan fingerprint density at radius 2 is 1.91 bits per heavy atom. The van der Waals surface area contributed by atoms with Gasteiger partial charge < -0.3 is 29.5 Å². The van der Waals surface area contributed by atoms with Gasteiger partial charge in [-0.15, -0.1) is 0 Å². The summed E-state index contributed by atoms with van der Waals surface area (Å²) in [6, 6.07) is 9.46. The zero-order valence-electron chi connectivity index (χ0n) is 30.7. The number of furan rings is 2. The van der Waals surface area contributed by atoms with Crippen LogP contribution in [0.5, 0.6) is 5.75 Å². The number of nitrogens with one attached hydrogen (secondary N) is 2. The van der Waals surface area contributed by atoms with Gasteiger partial charge in [-0.05, 0) is 68.7 Å². The molecule has 1 saturated heterocycles. The molecule has 17 heteroatoms. The van der Waals surface area contributed by atoms with Crippen molar-refractivity contribution in [3.8, 4) is 17.2 Å². The second-order valence-electron chi connectivity index (χ2n) is 14.1. The molecular weight excluding hydrogens is 756 g/mol. The molecule has 2 fully saturated rings. The average Bonchev–Trinajstić information content (AvgIpc) is 3.52. The number of halogens is 3. The van der Waals surface area contributed by atoms with E-state index in [0.717, 1.165) is 17.7 Å². The van der Waals surface area contributed by atoms with Gasteiger partial charge in [0.15, 0.2) is 17.1 Å². The SMILES string of the molecule is CC[C@@H](/C=C\CCCCC[C@H](NC(=O)C(F)(F)F)C(=O)N1C[C@H](Oc2cc(-c3ccco3)nc3c2oc2ccccc23)C[C@H]1C(N)=O)CC(=O)NS(=O)C1CC1. The van der Waals surface area contributed by atoms with Gasteiger partial charge in [0, 0.05) is 24.3 Å². The molecular formula is C39H44F3N5O8S. The molecule has 5 atom stereocenters. The smallest absolute Gasteiger partial charge is 0.471 e. The monoisotopic (exact) mass is 799 g/mol. The summed E-state index contributed by atoms with van der Waals surface area (Å²) in [5.74, 6) is -3.65. The van der Waals surface area contributed by atoms with Crippen LogP contribution >= 0.6 is 0 Å². The van der Waals surface area contributed by atoms with E-state index < -0.39 is 53.1 Å². The minimum absolute atomic E-state index is 0.0430. The minimum atomic E-state index is -5.24. The molecule has 13 nitrogen and oxygen atoms in total. The van der Waals surface area contributed by atoms with E-state index in [1.54, 1.807) is 30.3 Å². The second-order valence-corrected chi connectivity index (χ2v) is 15.6. The van der Waals surface area contributed by atoms with E-state index in [1.165, 1.54) is 6.26 Å². The normalized spacial score (nSPS) is 19.0. The van der Waals surface area contributed by atoms with Gasteiger partial charge in [0.25, 0.3) is 0 Å². The predicted molar refractivity (Wildman–Crippen MR) is 201 cm³/mol. The molecule has 3 aromatic heterocycles. The summed E-state index contributed by atoms with van der Waals surface area (Å²) in [5.41, 5.74) is 7.48. The maximum atomic E-state index is 13.9. The Kier molecular flexibility index (Phi) is 12.8. The number of fused-ring (bicyclic) bond motifs is 3. The van der Waals surface area contributed by atoms with Crippen LogP contribution in [0.1, 0.15) is 71.1 Å². The molecule has 4 N–H and O–H groups in total. The number of carbonyl (C=O) groups is 4. The number of carbonyl (C=O) groups excluding carboxylic acids is 4. The number of alkyl halides is 3. The maximum absolute atomic E-state index is 13.9. The Morgan fingerprint density at radius 1 is 1.12 bits per heavy atom. The quantitative estimate of drug-likeness (QED) is 0.0803. The lowest BCUT2D eigenvalue weighted by molar-refractivity contribution is -0.175. The lowest BCUT2D eigenvalue weighted by Crippen LogP contribution is -2.54. The van der Waals surface area contributed by atoms with E-state index in [-0.39, 0.29) is 48.6 Å². The van der Waals surface area contributed by atoms with Gasteiger partial charge in [-0.2, -0.15) is 13.2 Å². The van der Waals surface area contributed by atoms with E-state index in [9.17, 15) is 36.6 Å². The highest BCUT2D eigenvalue weighted by Gasteiger charge is 2.45. The number of nitrogens with zero attached hydrogens (tertiary/aromatic N) is 2. The van der Waals surface area contributed by atoms with Crippen LogP contribution in [0.25, 0.3) is 33.5 Å². The van der Waals surface area contributed by atoms with E-state index in [0.29, 0.717) is 65.6 Å². The number of rotatable bonds is 18. The van der Waals surface area contributed by atoms with Crippen LogP contribution in [-0.4, -0.2) is 73.9 Å². The Bertz CT molecular complexity index is 2100. The number of benzene rings is 1. The van der Waals surface area contributed by atoms with E-state index >= 15 is 0 Å². The molecule has 1 saturated carbocycles. The Labute approximate surface area is 323 Å². The summed E-state index contributed by atoms with van der Waals surface area (Å²) < 4.78 is 72.7. The van der Waals surface area contributed by atoms with Crippen molar-refractivity contribution in [3.63, 3.8) is 0 Å². The van der Waals surface area contributed by atoms with Crippen LogP contribution in [0.15, 0.2) is 69.7 Å². The Morgan fingerprint density at radius 3 is 2.61 bits per heavy atom. The fraction of sp³-hybridized carbons (Fsp3) is 0.462.